The van der Waals surface area contributed by atoms with Crippen molar-refractivity contribution in [1.29, 1.82) is 0 Å². The van der Waals surface area contributed by atoms with Crippen molar-refractivity contribution in [2.75, 3.05) is 42.5 Å². The van der Waals surface area contributed by atoms with Gasteiger partial charge in [-0.2, -0.15) is 5.10 Å². The summed E-state index contributed by atoms with van der Waals surface area (Å²) in [6.07, 6.45) is 3.75. The normalized spacial score (nSPS) is 19.0. The van der Waals surface area contributed by atoms with Crippen molar-refractivity contribution >= 4 is 34.9 Å². The maximum atomic E-state index is 13.1. The number of nitrogens with zero attached hydrogens (tertiary/aromatic N) is 7. The Balaban J connectivity index is 1.18. The van der Waals surface area contributed by atoms with E-state index >= 15 is 0 Å². The second kappa shape index (κ2) is 8.58. The lowest BCUT2D eigenvalue weighted by molar-refractivity contribution is -0.136. The van der Waals surface area contributed by atoms with E-state index in [-0.39, 0.29) is 24.2 Å². The van der Waals surface area contributed by atoms with Gasteiger partial charge in [-0.15, -0.1) is 10.2 Å². The molecule has 4 heterocycles. The fourth-order valence-corrected chi connectivity index (χ4v) is 4.30. The number of carbonyl (C=O) groups excluding carboxylic acids is 2. The minimum Gasteiger partial charge on any atom is -0.352 e. The third-order valence-corrected chi connectivity index (χ3v) is 6.16. The zero-order valence-corrected chi connectivity index (χ0v) is 18.1. The second-order valence-corrected chi connectivity index (χ2v) is 8.33. The molecule has 2 aliphatic rings. The Morgan fingerprint density at radius 3 is 2.34 bits per heavy atom. The molecule has 0 spiro atoms. The number of hydrogen-bond acceptors (Lipinski definition) is 6. The van der Waals surface area contributed by atoms with Gasteiger partial charge in [0.05, 0.1) is 5.92 Å². The number of rotatable bonds is 4. The number of anilines is 2. The molecule has 3 aromatic rings. The van der Waals surface area contributed by atoms with Crippen LogP contribution in [0.3, 0.4) is 0 Å². The highest BCUT2D eigenvalue weighted by atomic mass is 35.5. The molecule has 2 saturated heterocycles. The van der Waals surface area contributed by atoms with Crippen LogP contribution >= 0.6 is 11.6 Å². The zero-order valence-electron chi connectivity index (χ0n) is 17.3. The molecule has 2 amide bonds. The van der Waals surface area contributed by atoms with Crippen LogP contribution in [-0.2, 0) is 9.59 Å². The molecular weight excluding hydrogens is 430 g/mol. The van der Waals surface area contributed by atoms with Crippen LogP contribution in [0.2, 0.25) is 5.02 Å². The van der Waals surface area contributed by atoms with E-state index in [1.165, 1.54) is 0 Å². The fraction of sp³-hybridized carbons (Fsp3) is 0.318. The molecule has 5 rings (SSSR count). The minimum absolute atomic E-state index is 0.0307. The van der Waals surface area contributed by atoms with E-state index in [2.05, 4.69) is 20.2 Å². The van der Waals surface area contributed by atoms with Crippen LogP contribution in [0, 0.1) is 5.92 Å². The summed E-state index contributed by atoms with van der Waals surface area (Å²) in [7, 11) is 0. The molecule has 1 unspecified atom stereocenters. The molecule has 2 aliphatic heterocycles. The maximum absolute atomic E-state index is 13.1. The van der Waals surface area contributed by atoms with Gasteiger partial charge in [0, 0.05) is 62.2 Å². The van der Waals surface area contributed by atoms with Gasteiger partial charge in [-0.1, -0.05) is 11.6 Å². The SMILES string of the molecule is O=C(C1CC(=O)N(c2ccc(Cl)cc2)C1)N1CCN(c2ccc(-n3cccn3)nn2)CC1. The summed E-state index contributed by atoms with van der Waals surface area (Å²) in [6, 6.07) is 12.8. The van der Waals surface area contributed by atoms with Crippen molar-refractivity contribution in [3.63, 3.8) is 0 Å². The molecule has 164 valence electrons. The number of amides is 2. The van der Waals surface area contributed by atoms with E-state index in [9.17, 15) is 9.59 Å². The zero-order chi connectivity index (χ0) is 22.1. The van der Waals surface area contributed by atoms with Crippen LogP contribution in [0.5, 0.6) is 0 Å². The first kappa shape index (κ1) is 20.4. The Labute approximate surface area is 190 Å². The molecule has 10 heteroatoms. The molecule has 2 fully saturated rings. The van der Waals surface area contributed by atoms with Crippen molar-refractivity contribution in [3.8, 4) is 5.82 Å². The van der Waals surface area contributed by atoms with Crippen molar-refractivity contribution in [2.45, 2.75) is 6.42 Å². The summed E-state index contributed by atoms with van der Waals surface area (Å²) in [4.78, 5) is 31.2. The van der Waals surface area contributed by atoms with Crippen LogP contribution in [0.25, 0.3) is 5.82 Å². The fourth-order valence-electron chi connectivity index (χ4n) is 4.17. The molecule has 9 nitrogen and oxygen atoms in total. The second-order valence-electron chi connectivity index (χ2n) is 7.89. The van der Waals surface area contributed by atoms with E-state index in [4.69, 9.17) is 11.6 Å². The van der Waals surface area contributed by atoms with E-state index in [1.807, 2.05) is 41.4 Å². The molecule has 0 N–H and O–H groups in total. The van der Waals surface area contributed by atoms with E-state index in [0.717, 1.165) is 11.5 Å². The lowest BCUT2D eigenvalue weighted by atomic mass is 10.1. The Bertz CT molecular complexity index is 1090. The summed E-state index contributed by atoms with van der Waals surface area (Å²) in [5, 5.41) is 13.3. The number of aromatic nitrogens is 4. The smallest absolute Gasteiger partial charge is 0.228 e. The van der Waals surface area contributed by atoms with Gasteiger partial charge in [-0.05, 0) is 42.5 Å². The number of carbonyl (C=O) groups is 2. The highest BCUT2D eigenvalue weighted by Gasteiger charge is 2.38. The molecule has 32 heavy (non-hydrogen) atoms. The van der Waals surface area contributed by atoms with Crippen molar-refractivity contribution < 1.29 is 9.59 Å². The Morgan fingerprint density at radius 2 is 1.69 bits per heavy atom. The predicted octanol–water partition coefficient (Wildman–Crippen LogP) is 2.02. The van der Waals surface area contributed by atoms with E-state index < -0.39 is 0 Å². The molecule has 2 aromatic heterocycles. The highest BCUT2D eigenvalue weighted by Crippen LogP contribution is 2.28. The first-order valence-electron chi connectivity index (χ1n) is 10.5. The van der Waals surface area contributed by atoms with Gasteiger partial charge in [0.15, 0.2) is 11.6 Å². The average molecular weight is 452 g/mol. The van der Waals surface area contributed by atoms with Gasteiger partial charge in [0.1, 0.15) is 0 Å². The maximum Gasteiger partial charge on any atom is 0.228 e. The van der Waals surface area contributed by atoms with Crippen LogP contribution in [0.4, 0.5) is 11.5 Å². The Morgan fingerprint density at radius 1 is 0.969 bits per heavy atom. The molecule has 0 saturated carbocycles. The monoisotopic (exact) mass is 451 g/mol. The minimum atomic E-state index is -0.321. The Kier molecular flexibility index (Phi) is 5.48. The molecular formula is C22H22ClN7O2. The van der Waals surface area contributed by atoms with Gasteiger partial charge >= 0.3 is 0 Å². The summed E-state index contributed by atoms with van der Waals surface area (Å²) in [5.41, 5.74) is 0.775. The summed E-state index contributed by atoms with van der Waals surface area (Å²) in [6.45, 7) is 2.92. The molecule has 0 radical (unpaired) electrons. The summed E-state index contributed by atoms with van der Waals surface area (Å²) >= 11 is 5.94. The van der Waals surface area contributed by atoms with E-state index in [0.29, 0.717) is 43.6 Å². The van der Waals surface area contributed by atoms with Gasteiger partial charge in [-0.25, -0.2) is 4.68 Å². The lowest BCUT2D eigenvalue weighted by Crippen LogP contribution is -2.51. The highest BCUT2D eigenvalue weighted by molar-refractivity contribution is 6.30. The number of halogens is 1. The first-order valence-corrected chi connectivity index (χ1v) is 10.9. The van der Waals surface area contributed by atoms with Gasteiger partial charge < -0.3 is 14.7 Å². The standard InChI is InChI=1S/C22H22ClN7O2/c23-17-2-4-18(5-3-17)29-15-16(14-21(29)31)22(32)28-12-10-27(11-13-28)19-6-7-20(26-25-19)30-9-1-8-24-30/h1-9,16H,10-15H2. The summed E-state index contributed by atoms with van der Waals surface area (Å²) in [5.74, 6) is 1.12. The number of piperazine rings is 1. The Hall–Kier alpha value is -3.46. The third-order valence-electron chi connectivity index (χ3n) is 5.90. The van der Waals surface area contributed by atoms with E-state index in [1.54, 1.807) is 27.9 Å². The molecule has 0 aliphatic carbocycles. The average Bonchev–Trinajstić information content (AvgIpc) is 3.50. The predicted molar refractivity (Wildman–Crippen MR) is 120 cm³/mol. The molecule has 1 atom stereocenters. The van der Waals surface area contributed by atoms with Crippen LogP contribution in [0.15, 0.2) is 54.9 Å². The van der Waals surface area contributed by atoms with Crippen molar-refractivity contribution in [2.24, 2.45) is 5.92 Å². The van der Waals surface area contributed by atoms with Crippen LogP contribution in [0.1, 0.15) is 6.42 Å². The topological polar surface area (TPSA) is 87.5 Å². The third kappa shape index (κ3) is 4.03. The van der Waals surface area contributed by atoms with Crippen LogP contribution in [-0.4, -0.2) is 69.4 Å². The quantitative estimate of drug-likeness (QED) is 0.603. The largest absolute Gasteiger partial charge is 0.352 e. The molecule has 0 bridgehead atoms. The van der Waals surface area contributed by atoms with Crippen LogP contribution < -0.4 is 9.80 Å². The number of benzene rings is 1. The first-order chi connectivity index (χ1) is 15.6. The van der Waals surface area contributed by atoms with Crippen molar-refractivity contribution in [1.82, 2.24) is 24.9 Å². The number of hydrogen-bond donors (Lipinski definition) is 0. The molecule has 1 aromatic carbocycles. The van der Waals surface area contributed by atoms with Gasteiger partial charge in [0.25, 0.3) is 0 Å². The lowest BCUT2D eigenvalue weighted by Gasteiger charge is -2.36. The van der Waals surface area contributed by atoms with Gasteiger partial charge in [-0.3, -0.25) is 9.59 Å². The van der Waals surface area contributed by atoms with Gasteiger partial charge in [0.2, 0.25) is 11.8 Å². The van der Waals surface area contributed by atoms with Crippen molar-refractivity contribution in [3.05, 3.63) is 59.9 Å². The summed E-state index contributed by atoms with van der Waals surface area (Å²) < 4.78 is 1.66.